The molecule has 3 amide bonds. The summed E-state index contributed by atoms with van der Waals surface area (Å²) in [5.74, 6) is 0.0515. The second kappa shape index (κ2) is 10.6. The van der Waals surface area contributed by atoms with Gasteiger partial charge in [0.1, 0.15) is 18.1 Å². The maximum atomic E-state index is 13.3. The predicted octanol–water partition coefficient (Wildman–Crippen LogP) is 5.20. The van der Waals surface area contributed by atoms with Gasteiger partial charge in [0.15, 0.2) is 0 Å². The molecule has 0 bridgehead atoms. The smallest absolute Gasteiger partial charge is 0.322 e. The molecule has 0 aliphatic carbocycles. The molecule has 1 N–H and O–H groups in total. The lowest BCUT2D eigenvalue weighted by molar-refractivity contribution is -0.133. The zero-order valence-electron chi connectivity index (χ0n) is 18.5. The summed E-state index contributed by atoms with van der Waals surface area (Å²) in [5, 5.41) is 2.85. The van der Waals surface area contributed by atoms with Crippen molar-refractivity contribution in [1.29, 1.82) is 0 Å². The van der Waals surface area contributed by atoms with Crippen LogP contribution in [0, 0.1) is 12.7 Å². The van der Waals surface area contributed by atoms with Crippen molar-refractivity contribution in [2.24, 2.45) is 0 Å². The van der Waals surface area contributed by atoms with E-state index in [1.54, 1.807) is 35.4 Å². The highest BCUT2D eigenvalue weighted by Crippen LogP contribution is 2.15. The molecule has 0 aliphatic heterocycles. The Hall–Kier alpha value is -3.61. The second-order valence-electron chi connectivity index (χ2n) is 7.97. The normalized spacial score (nSPS) is 10.8. The minimum absolute atomic E-state index is 0.0999. The summed E-state index contributed by atoms with van der Waals surface area (Å²) in [6.07, 6.45) is 1.55. The van der Waals surface area contributed by atoms with Gasteiger partial charge < -0.3 is 19.5 Å². The molecule has 168 valence electrons. The van der Waals surface area contributed by atoms with Gasteiger partial charge in [-0.15, -0.1) is 0 Å². The first kappa shape index (κ1) is 23.1. The highest BCUT2D eigenvalue weighted by molar-refractivity contribution is 5.92. The lowest BCUT2D eigenvalue weighted by atomic mass is 10.2. The Kier molecular flexibility index (Phi) is 7.65. The van der Waals surface area contributed by atoms with Crippen LogP contribution in [0.25, 0.3) is 0 Å². The van der Waals surface area contributed by atoms with E-state index in [0.29, 0.717) is 11.4 Å². The van der Waals surface area contributed by atoms with Crippen molar-refractivity contribution >= 4 is 17.6 Å². The number of halogens is 1. The number of nitrogens with zero attached hydrogens (tertiary/aromatic N) is 2. The summed E-state index contributed by atoms with van der Waals surface area (Å²) < 4.78 is 18.7. The number of amides is 3. The summed E-state index contributed by atoms with van der Waals surface area (Å²) in [4.78, 5) is 29.2. The molecule has 32 heavy (non-hydrogen) atoms. The van der Waals surface area contributed by atoms with E-state index in [9.17, 15) is 14.0 Å². The fraction of sp³-hybridized carbons (Fsp3) is 0.280. The minimum atomic E-state index is -0.350. The van der Waals surface area contributed by atoms with Crippen molar-refractivity contribution < 1.29 is 18.4 Å². The third kappa shape index (κ3) is 6.44. The number of hydrogen-bond acceptors (Lipinski definition) is 3. The number of furan rings is 1. The molecule has 6 nitrogen and oxygen atoms in total. The van der Waals surface area contributed by atoms with Crippen LogP contribution in [0.15, 0.2) is 71.3 Å². The van der Waals surface area contributed by atoms with Crippen LogP contribution in [-0.2, 0) is 17.9 Å². The Labute approximate surface area is 187 Å². The number of aryl methyl sites for hydroxylation is 1. The van der Waals surface area contributed by atoms with Crippen LogP contribution >= 0.6 is 0 Å². The summed E-state index contributed by atoms with van der Waals surface area (Å²) >= 11 is 0. The van der Waals surface area contributed by atoms with Crippen LogP contribution in [-0.4, -0.2) is 34.3 Å². The molecule has 0 saturated heterocycles. The minimum Gasteiger partial charge on any atom is -0.467 e. The number of rotatable bonds is 8. The fourth-order valence-electron chi connectivity index (χ4n) is 3.20. The molecule has 3 rings (SSSR count). The fourth-order valence-corrected chi connectivity index (χ4v) is 3.20. The number of hydrogen-bond donors (Lipinski definition) is 1. The molecule has 0 atom stereocenters. The van der Waals surface area contributed by atoms with Crippen LogP contribution in [0.3, 0.4) is 0 Å². The van der Waals surface area contributed by atoms with Gasteiger partial charge in [0, 0.05) is 18.3 Å². The van der Waals surface area contributed by atoms with Crippen LogP contribution in [0.1, 0.15) is 30.7 Å². The summed E-state index contributed by atoms with van der Waals surface area (Å²) in [6.45, 7) is 6.11. The van der Waals surface area contributed by atoms with Gasteiger partial charge in [-0.2, -0.15) is 0 Å². The summed E-state index contributed by atoms with van der Waals surface area (Å²) in [6, 6.07) is 16.5. The Morgan fingerprint density at radius 3 is 2.28 bits per heavy atom. The van der Waals surface area contributed by atoms with Crippen LogP contribution in [0.4, 0.5) is 14.9 Å². The number of nitrogens with one attached hydrogen (secondary N) is 1. The molecular formula is C25H28FN3O3. The van der Waals surface area contributed by atoms with E-state index in [1.807, 2.05) is 45.0 Å². The van der Waals surface area contributed by atoms with Gasteiger partial charge in [0.05, 0.1) is 12.8 Å². The third-order valence-corrected chi connectivity index (χ3v) is 5.06. The standard InChI is InChI=1S/C25H28FN3O3/c1-18(2)29(25(31)27-22-12-6-19(3)7-13-22)17-24(30)28(16-23-5-4-14-32-23)15-20-8-10-21(26)11-9-20/h4-14,18H,15-17H2,1-3H3,(H,27,31). The van der Waals surface area contributed by atoms with Crippen molar-refractivity contribution in [2.45, 2.75) is 39.9 Å². The highest BCUT2D eigenvalue weighted by Gasteiger charge is 2.24. The summed E-state index contributed by atoms with van der Waals surface area (Å²) in [7, 11) is 0. The predicted molar refractivity (Wildman–Crippen MR) is 121 cm³/mol. The number of anilines is 1. The van der Waals surface area contributed by atoms with E-state index < -0.39 is 0 Å². The quantitative estimate of drug-likeness (QED) is 0.527. The largest absolute Gasteiger partial charge is 0.467 e. The average Bonchev–Trinajstić information content (AvgIpc) is 3.27. The first-order valence-electron chi connectivity index (χ1n) is 10.5. The summed E-state index contributed by atoms with van der Waals surface area (Å²) in [5.41, 5.74) is 2.54. The first-order valence-corrected chi connectivity index (χ1v) is 10.5. The van der Waals surface area contributed by atoms with Crippen molar-refractivity contribution in [3.05, 3.63) is 89.6 Å². The average molecular weight is 438 g/mol. The van der Waals surface area contributed by atoms with Gasteiger partial charge in [-0.3, -0.25) is 4.79 Å². The van der Waals surface area contributed by atoms with Gasteiger partial charge in [0.2, 0.25) is 5.91 Å². The maximum absolute atomic E-state index is 13.3. The number of benzene rings is 2. The van der Waals surface area contributed by atoms with Gasteiger partial charge in [-0.05, 0) is 62.7 Å². The Balaban J connectivity index is 1.74. The molecule has 0 fully saturated rings. The van der Waals surface area contributed by atoms with Crippen molar-refractivity contribution in [3.63, 3.8) is 0 Å². The lowest BCUT2D eigenvalue weighted by Crippen LogP contribution is -2.47. The molecule has 1 aromatic heterocycles. The molecule has 7 heteroatoms. The van der Waals surface area contributed by atoms with Gasteiger partial charge in [-0.1, -0.05) is 29.8 Å². The third-order valence-electron chi connectivity index (χ3n) is 5.06. The van der Waals surface area contributed by atoms with Gasteiger partial charge >= 0.3 is 6.03 Å². The molecular weight excluding hydrogens is 409 g/mol. The van der Waals surface area contributed by atoms with Crippen LogP contribution in [0.2, 0.25) is 0 Å². The molecule has 2 aromatic carbocycles. The van der Waals surface area contributed by atoms with Gasteiger partial charge in [0.25, 0.3) is 0 Å². The SMILES string of the molecule is Cc1ccc(NC(=O)N(CC(=O)N(Cc2ccc(F)cc2)Cc2ccco2)C(C)C)cc1. The molecule has 0 aliphatic rings. The van der Waals surface area contributed by atoms with E-state index in [-0.39, 0.29) is 43.4 Å². The monoisotopic (exact) mass is 437 g/mol. The first-order chi connectivity index (χ1) is 15.3. The van der Waals surface area contributed by atoms with E-state index >= 15 is 0 Å². The second-order valence-corrected chi connectivity index (χ2v) is 7.97. The number of urea groups is 1. The molecule has 1 heterocycles. The molecule has 0 saturated carbocycles. The van der Waals surface area contributed by atoms with Crippen LogP contribution < -0.4 is 5.32 Å². The van der Waals surface area contributed by atoms with E-state index in [2.05, 4.69) is 5.32 Å². The highest BCUT2D eigenvalue weighted by atomic mass is 19.1. The van der Waals surface area contributed by atoms with E-state index in [1.165, 1.54) is 17.0 Å². The van der Waals surface area contributed by atoms with Crippen molar-refractivity contribution in [1.82, 2.24) is 9.80 Å². The zero-order chi connectivity index (χ0) is 23.1. The Morgan fingerprint density at radius 1 is 1.00 bits per heavy atom. The Morgan fingerprint density at radius 2 is 1.69 bits per heavy atom. The van der Waals surface area contributed by atoms with E-state index in [4.69, 9.17) is 4.42 Å². The molecule has 0 radical (unpaired) electrons. The zero-order valence-corrected chi connectivity index (χ0v) is 18.5. The molecule has 3 aromatic rings. The van der Waals surface area contributed by atoms with Crippen molar-refractivity contribution in [3.8, 4) is 0 Å². The molecule has 0 unspecified atom stereocenters. The van der Waals surface area contributed by atoms with E-state index in [0.717, 1.165) is 11.1 Å². The Bertz CT molecular complexity index is 1020. The topological polar surface area (TPSA) is 65.8 Å². The van der Waals surface area contributed by atoms with Gasteiger partial charge in [-0.25, -0.2) is 9.18 Å². The lowest BCUT2D eigenvalue weighted by Gasteiger charge is -2.30. The number of carbonyl (C=O) groups excluding carboxylic acids is 2. The molecule has 0 spiro atoms. The maximum Gasteiger partial charge on any atom is 0.322 e. The van der Waals surface area contributed by atoms with Crippen molar-refractivity contribution in [2.75, 3.05) is 11.9 Å². The number of carbonyl (C=O) groups is 2. The van der Waals surface area contributed by atoms with Crippen LogP contribution in [0.5, 0.6) is 0 Å².